The Bertz CT molecular complexity index is 727. The zero-order valence-electron chi connectivity index (χ0n) is 14.9. The van der Waals surface area contributed by atoms with Crippen molar-refractivity contribution in [1.82, 2.24) is 30.0 Å². The highest BCUT2D eigenvalue weighted by atomic mass is 16.2. The van der Waals surface area contributed by atoms with Crippen LogP contribution in [0, 0.1) is 5.92 Å². The van der Waals surface area contributed by atoms with Crippen molar-refractivity contribution in [2.75, 3.05) is 18.0 Å². The number of carbonyl (C=O) groups excluding carboxylic acids is 1. The summed E-state index contributed by atoms with van der Waals surface area (Å²) in [5, 5.41) is 7.39. The van der Waals surface area contributed by atoms with Gasteiger partial charge in [-0.15, -0.1) is 0 Å². The van der Waals surface area contributed by atoms with Crippen molar-refractivity contribution in [3.05, 3.63) is 25.0 Å². The summed E-state index contributed by atoms with van der Waals surface area (Å²) in [4.78, 5) is 27.5. The zero-order valence-corrected chi connectivity index (χ0v) is 14.9. The molecule has 2 aromatic heterocycles. The zero-order chi connectivity index (χ0) is 17.8. The molecule has 1 amide bonds. The molecule has 3 heterocycles. The second-order valence-corrected chi connectivity index (χ2v) is 7.20. The summed E-state index contributed by atoms with van der Waals surface area (Å²) < 4.78 is 1.61. The minimum absolute atomic E-state index is 0.0236. The summed E-state index contributed by atoms with van der Waals surface area (Å²) >= 11 is 0. The minimum Gasteiger partial charge on any atom is -0.356 e. The van der Waals surface area contributed by atoms with Crippen LogP contribution in [0.5, 0.6) is 0 Å². The van der Waals surface area contributed by atoms with Crippen molar-refractivity contribution in [2.45, 2.75) is 51.0 Å². The van der Waals surface area contributed by atoms with Gasteiger partial charge in [0.1, 0.15) is 24.8 Å². The molecule has 1 N–H and O–H groups in total. The Labute approximate surface area is 153 Å². The van der Waals surface area contributed by atoms with Gasteiger partial charge in [-0.05, 0) is 25.7 Å². The lowest BCUT2D eigenvalue weighted by Crippen LogP contribution is -2.46. The number of hydrogen-bond donors (Lipinski definition) is 1. The fourth-order valence-electron chi connectivity index (χ4n) is 3.93. The van der Waals surface area contributed by atoms with E-state index in [9.17, 15) is 4.79 Å². The minimum atomic E-state index is 0.0236. The fraction of sp³-hybridized carbons (Fsp3) is 0.611. The third kappa shape index (κ3) is 3.84. The van der Waals surface area contributed by atoms with E-state index in [2.05, 4.69) is 30.3 Å². The van der Waals surface area contributed by atoms with E-state index in [0.717, 1.165) is 38.0 Å². The maximum atomic E-state index is 12.7. The van der Waals surface area contributed by atoms with Crippen molar-refractivity contribution in [2.24, 2.45) is 5.92 Å². The van der Waals surface area contributed by atoms with Crippen molar-refractivity contribution < 1.29 is 4.79 Å². The van der Waals surface area contributed by atoms with E-state index in [0.29, 0.717) is 18.4 Å². The first-order valence-corrected chi connectivity index (χ1v) is 9.52. The third-order valence-electron chi connectivity index (χ3n) is 5.36. The standard InChI is InChI=1S/C18H25N7O/c26-18(23-15-6-2-1-3-7-15)14-5-4-8-24(10-14)16-9-17(21-12-20-16)25-13-19-11-22-25/h9,11-15H,1-8,10H2,(H,23,26). The lowest BCUT2D eigenvalue weighted by atomic mass is 9.93. The van der Waals surface area contributed by atoms with Gasteiger partial charge in [-0.25, -0.2) is 19.6 Å². The van der Waals surface area contributed by atoms with Gasteiger partial charge < -0.3 is 10.2 Å². The molecule has 4 rings (SSSR count). The molecule has 0 bridgehead atoms. The van der Waals surface area contributed by atoms with Gasteiger partial charge in [-0.3, -0.25) is 4.79 Å². The van der Waals surface area contributed by atoms with Crippen LogP contribution in [0.2, 0.25) is 0 Å². The monoisotopic (exact) mass is 355 g/mol. The van der Waals surface area contributed by atoms with Crippen LogP contribution in [0.25, 0.3) is 5.82 Å². The maximum Gasteiger partial charge on any atom is 0.225 e. The average Bonchev–Trinajstić information content (AvgIpc) is 3.24. The molecular formula is C18H25N7O. The molecule has 0 spiro atoms. The van der Waals surface area contributed by atoms with E-state index < -0.39 is 0 Å². The number of aromatic nitrogens is 5. The Morgan fingerprint density at radius 2 is 1.88 bits per heavy atom. The van der Waals surface area contributed by atoms with E-state index in [1.807, 2.05) is 6.07 Å². The Hall–Kier alpha value is -2.51. The highest BCUT2D eigenvalue weighted by Crippen LogP contribution is 2.24. The van der Waals surface area contributed by atoms with Gasteiger partial charge >= 0.3 is 0 Å². The van der Waals surface area contributed by atoms with Crippen LogP contribution in [0.4, 0.5) is 5.82 Å². The first-order valence-electron chi connectivity index (χ1n) is 9.52. The molecule has 0 radical (unpaired) electrons. The van der Waals surface area contributed by atoms with Crippen LogP contribution in [-0.2, 0) is 4.79 Å². The molecule has 1 aliphatic heterocycles. The summed E-state index contributed by atoms with van der Waals surface area (Å²) in [5.74, 6) is 1.74. The van der Waals surface area contributed by atoms with Gasteiger partial charge in [0.05, 0.1) is 5.92 Å². The smallest absolute Gasteiger partial charge is 0.225 e. The number of nitrogens with zero attached hydrogens (tertiary/aromatic N) is 6. The molecule has 2 aromatic rings. The van der Waals surface area contributed by atoms with Crippen molar-refractivity contribution in [3.63, 3.8) is 0 Å². The third-order valence-corrected chi connectivity index (χ3v) is 5.36. The predicted octanol–water partition coefficient (Wildman–Crippen LogP) is 1.72. The van der Waals surface area contributed by atoms with Crippen LogP contribution < -0.4 is 10.2 Å². The van der Waals surface area contributed by atoms with Crippen LogP contribution in [0.1, 0.15) is 44.9 Å². The molecule has 0 aromatic carbocycles. The van der Waals surface area contributed by atoms with Gasteiger partial charge in [-0.1, -0.05) is 19.3 Å². The quantitative estimate of drug-likeness (QED) is 0.898. The molecular weight excluding hydrogens is 330 g/mol. The van der Waals surface area contributed by atoms with Gasteiger partial charge in [0.25, 0.3) is 0 Å². The molecule has 2 fully saturated rings. The van der Waals surface area contributed by atoms with Crippen LogP contribution >= 0.6 is 0 Å². The van der Waals surface area contributed by atoms with Gasteiger partial charge in [0.2, 0.25) is 5.91 Å². The molecule has 1 unspecified atom stereocenters. The summed E-state index contributed by atoms with van der Waals surface area (Å²) in [7, 11) is 0. The van der Waals surface area contributed by atoms with E-state index in [4.69, 9.17) is 0 Å². The SMILES string of the molecule is O=C(NC1CCCCC1)C1CCCN(c2cc(-n3cncn3)ncn2)C1. The number of rotatable bonds is 4. The molecule has 1 saturated carbocycles. The first kappa shape index (κ1) is 16.9. The largest absolute Gasteiger partial charge is 0.356 e. The predicted molar refractivity (Wildman–Crippen MR) is 96.9 cm³/mol. The van der Waals surface area contributed by atoms with Crippen LogP contribution in [0.3, 0.4) is 0 Å². The van der Waals surface area contributed by atoms with Gasteiger partial charge in [-0.2, -0.15) is 5.10 Å². The molecule has 8 nitrogen and oxygen atoms in total. The second kappa shape index (κ2) is 7.80. The van der Waals surface area contributed by atoms with E-state index in [1.165, 1.54) is 31.9 Å². The summed E-state index contributed by atoms with van der Waals surface area (Å²) in [5.41, 5.74) is 0. The van der Waals surface area contributed by atoms with E-state index >= 15 is 0 Å². The highest BCUT2D eigenvalue weighted by Gasteiger charge is 2.28. The molecule has 1 aliphatic carbocycles. The Balaban J connectivity index is 1.41. The topological polar surface area (TPSA) is 88.8 Å². The summed E-state index contributed by atoms with van der Waals surface area (Å²) in [6, 6.07) is 2.26. The average molecular weight is 355 g/mol. The molecule has 1 saturated heterocycles. The maximum absolute atomic E-state index is 12.7. The number of carbonyl (C=O) groups is 1. The Morgan fingerprint density at radius 3 is 2.69 bits per heavy atom. The van der Waals surface area contributed by atoms with Crippen LogP contribution in [-0.4, -0.2) is 49.8 Å². The highest BCUT2D eigenvalue weighted by molar-refractivity contribution is 5.79. The van der Waals surface area contributed by atoms with Gasteiger partial charge in [0, 0.05) is 25.2 Å². The van der Waals surface area contributed by atoms with Crippen LogP contribution in [0.15, 0.2) is 25.0 Å². The molecule has 2 aliphatic rings. The number of piperidine rings is 1. The first-order chi connectivity index (χ1) is 12.8. The Kier molecular flexibility index (Phi) is 5.08. The molecule has 138 valence electrons. The lowest BCUT2D eigenvalue weighted by Gasteiger charge is -2.34. The molecule has 1 atom stereocenters. The fourth-order valence-corrected chi connectivity index (χ4v) is 3.93. The van der Waals surface area contributed by atoms with Crippen molar-refractivity contribution in [1.29, 1.82) is 0 Å². The summed E-state index contributed by atoms with van der Waals surface area (Å²) in [6.07, 6.45) is 12.6. The van der Waals surface area contributed by atoms with Crippen molar-refractivity contribution in [3.8, 4) is 5.82 Å². The van der Waals surface area contributed by atoms with Gasteiger partial charge in [0.15, 0.2) is 5.82 Å². The molecule has 26 heavy (non-hydrogen) atoms. The summed E-state index contributed by atoms with van der Waals surface area (Å²) in [6.45, 7) is 1.60. The number of anilines is 1. The van der Waals surface area contributed by atoms with Crippen molar-refractivity contribution >= 4 is 11.7 Å². The lowest BCUT2D eigenvalue weighted by molar-refractivity contribution is -0.126. The second-order valence-electron chi connectivity index (χ2n) is 7.20. The number of amides is 1. The van der Waals surface area contributed by atoms with E-state index in [1.54, 1.807) is 11.0 Å². The van der Waals surface area contributed by atoms with E-state index in [-0.39, 0.29) is 11.8 Å². The Morgan fingerprint density at radius 1 is 1.04 bits per heavy atom. The number of nitrogens with one attached hydrogen (secondary N) is 1. The normalized spacial score (nSPS) is 21.5. The number of hydrogen-bond acceptors (Lipinski definition) is 6. The molecule has 8 heteroatoms.